The van der Waals surface area contributed by atoms with E-state index >= 15 is 0 Å². The molecule has 0 aliphatic carbocycles. The van der Waals surface area contributed by atoms with Crippen LogP contribution in [0.25, 0.3) is 6.08 Å². The van der Waals surface area contributed by atoms with Gasteiger partial charge in [0, 0.05) is 6.08 Å². The van der Waals surface area contributed by atoms with Crippen molar-refractivity contribution < 1.29 is 27.5 Å². The Kier molecular flexibility index (Phi) is 6.13. The Balaban J connectivity index is 2.38. The van der Waals surface area contributed by atoms with Crippen molar-refractivity contribution in [3.05, 3.63) is 41.5 Å². The van der Waals surface area contributed by atoms with Crippen LogP contribution in [0, 0.1) is 11.3 Å². The molecule has 0 spiro atoms. The van der Waals surface area contributed by atoms with Gasteiger partial charge in [0.15, 0.2) is 6.61 Å². The molecule has 0 saturated carbocycles. The Morgan fingerprint density at radius 3 is 2.45 bits per heavy atom. The van der Waals surface area contributed by atoms with Crippen molar-refractivity contribution in [2.75, 3.05) is 13.2 Å². The highest BCUT2D eigenvalue weighted by molar-refractivity contribution is 5.89. The standard InChI is InChI=1S/C14H11F3N2O3/c15-14(16,17)9-19-12(20)8-22-13(21)6-5-10-1-3-11(7-18)4-2-10/h1-6H,8-9H2,(H,19,20)/b6-5+. The number of halogens is 3. The summed E-state index contributed by atoms with van der Waals surface area (Å²) >= 11 is 0. The minimum atomic E-state index is -4.52. The van der Waals surface area contributed by atoms with E-state index in [4.69, 9.17) is 5.26 Å². The number of hydrogen-bond donors (Lipinski definition) is 1. The Morgan fingerprint density at radius 1 is 1.27 bits per heavy atom. The first-order valence-corrected chi connectivity index (χ1v) is 5.98. The SMILES string of the molecule is N#Cc1ccc(/C=C/C(=O)OCC(=O)NCC(F)(F)F)cc1. The van der Waals surface area contributed by atoms with Gasteiger partial charge in [0.05, 0.1) is 11.6 Å². The van der Waals surface area contributed by atoms with Gasteiger partial charge >= 0.3 is 12.1 Å². The van der Waals surface area contributed by atoms with E-state index in [9.17, 15) is 22.8 Å². The third kappa shape index (κ3) is 7.09. The summed E-state index contributed by atoms with van der Waals surface area (Å²) in [5.41, 5.74) is 1.08. The predicted octanol–water partition coefficient (Wildman–Crippen LogP) is 1.79. The second-order valence-corrected chi connectivity index (χ2v) is 4.07. The van der Waals surface area contributed by atoms with Crippen LogP contribution in [0.15, 0.2) is 30.3 Å². The molecular weight excluding hydrogens is 301 g/mol. The molecule has 0 saturated heterocycles. The first-order chi connectivity index (χ1) is 10.3. The Hall–Kier alpha value is -2.82. The molecule has 1 amide bonds. The smallest absolute Gasteiger partial charge is 0.405 e. The summed E-state index contributed by atoms with van der Waals surface area (Å²) in [4.78, 5) is 22.3. The Labute approximate surface area is 124 Å². The van der Waals surface area contributed by atoms with Gasteiger partial charge in [0.1, 0.15) is 6.54 Å². The lowest BCUT2D eigenvalue weighted by Gasteiger charge is -2.07. The monoisotopic (exact) mass is 312 g/mol. The largest absolute Gasteiger partial charge is 0.452 e. The molecule has 0 aromatic heterocycles. The summed E-state index contributed by atoms with van der Waals surface area (Å²) < 4.78 is 39.9. The number of nitrogens with one attached hydrogen (secondary N) is 1. The number of carbonyl (C=O) groups is 2. The number of hydrogen-bond acceptors (Lipinski definition) is 4. The zero-order valence-electron chi connectivity index (χ0n) is 11.2. The fourth-order valence-corrected chi connectivity index (χ4v) is 1.27. The maximum atomic E-state index is 11.8. The van der Waals surface area contributed by atoms with Crippen LogP contribution >= 0.6 is 0 Å². The fourth-order valence-electron chi connectivity index (χ4n) is 1.27. The highest BCUT2D eigenvalue weighted by Gasteiger charge is 2.27. The van der Waals surface area contributed by atoms with Crippen molar-refractivity contribution in [1.82, 2.24) is 5.32 Å². The van der Waals surface area contributed by atoms with Crippen molar-refractivity contribution in [2.24, 2.45) is 0 Å². The molecule has 116 valence electrons. The molecule has 0 fully saturated rings. The molecule has 0 atom stereocenters. The van der Waals surface area contributed by atoms with E-state index < -0.39 is 31.2 Å². The van der Waals surface area contributed by atoms with Crippen molar-refractivity contribution >= 4 is 18.0 Å². The highest BCUT2D eigenvalue weighted by atomic mass is 19.4. The lowest BCUT2D eigenvalue weighted by atomic mass is 10.1. The zero-order valence-corrected chi connectivity index (χ0v) is 11.2. The van der Waals surface area contributed by atoms with Gasteiger partial charge in [-0.2, -0.15) is 18.4 Å². The van der Waals surface area contributed by atoms with Gasteiger partial charge in [-0.3, -0.25) is 4.79 Å². The first kappa shape index (κ1) is 17.2. The lowest BCUT2D eigenvalue weighted by molar-refractivity contribution is -0.148. The molecule has 0 radical (unpaired) electrons. The van der Waals surface area contributed by atoms with E-state index in [0.717, 1.165) is 6.08 Å². The molecule has 0 aliphatic rings. The Bertz CT molecular complexity index is 601. The summed E-state index contributed by atoms with van der Waals surface area (Å²) in [6, 6.07) is 8.23. The van der Waals surface area contributed by atoms with Gasteiger partial charge in [0.2, 0.25) is 0 Å². The molecule has 5 nitrogen and oxygen atoms in total. The van der Waals surface area contributed by atoms with Crippen LogP contribution in [0.2, 0.25) is 0 Å². The minimum Gasteiger partial charge on any atom is -0.452 e. The molecule has 22 heavy (non-hydrogen) atoms. The minimum absolute atomic E-state index is 0.459. The summed E-state index contributed by atoms with van der Waals surface area (Å²) in [5.74, 6) is -1.91. The molecule has 0 unspecified atom stereocenters. The molecule has 8 heteroatoms. The number of rotatable bonds is 5. The molecule has 1 aromatic rings. The van der Waals surface area contributed by atoms with E-state index in [-0.39, 0.29) is 0 Å². The number of benzene rings is 1. The quantitative estimate of drug-likeness (QED) is 0.664. The Morgan fingerprint density at radius 2 is 1.91 bits per heavy atom. The molecule has 0 heterocycles. The van der Waals surface area contributed by atoms with Gasteiger partial charge in [-0.05, 0) is 23.8 Å². The molecule has 1 rings (SSSR count). The van der Waals surface area contributed by atoms with Gasteiger partial charge in [0.25, 0.3) is 5.91 Å². The van der Waals surface area contributed by atoms with Gasteiger partial charge < -0.3 is 10.1 Å². The van der Waals surface area contributed by atoms with Crippen molar-refractivity contribution in [3.8, 4) is 6.07 Å². The number of alkyl halides is 3. The average molecular weight is 312 g/mol. The van der Waals surface area contributed by atoms with Gasteiger partial charge in [-0.15, -0.1) is 0 Å². The normalized spacial score (nSPS) is 11.0. The van der Waals surface area contributed by atoms with E-state index in [1.165, 1.54) is 6.08 Å². The predicted molar refractivity (Wildman–Crippen MR) is 70.2 cm³/mol. The maximum absolute atomic E-state index is 11.8. The fraction of sp³-hybridized carbons (Fsp3) is 0.214. The van der Waals surface area contributed by atoms with Gasteiger partial charge in [-0.25, -0.2) is 4.79 Å². The van der Waals surface area contributed by atoms with Crippen LogP contribution in [0.5, 0.6) is 0 Å². The molecule has 1 N–H and O–H groups in total. The highest BCUT2D eigenvalue weighted by Crippen LogP contribution is 2.12. The average Bonchev–Trinajstić information content (AvgIpc) is 2.48. The summed E-state index contributed by atoms with van der Waals surface area (Å²) in [7, 11) is 0. The number of esters is 1. The van der Waals surface area contributed by atoms with Crippen LogP contribution in [-0.4, -0.2) is 31.2 Å². The lowest BCUT2D eigenvalue weighted by Crippen LogP contribution is -2.36. The number of nitriles is 1. The number of ether oxygens (including phenoxy) is 1. The van der Waals surface area contributed by atoms with E-state index in [1.807, 2.05) is 6.07 Å². The van der Waals surface area contributed by atoms with Crippen molar-refractivity contribution in [2.45, 2.75) is 6.18 Å². The van der Waals surface area contributed by atoms with Gasteiger partial charge in [-0.1, -0.05) is 12.1 Å². The first-order valence-electron chi connectivity index (χ1n) is 5.98. The van der Waals surface area contributed by atoms with Crippen LogP contribution in [0.3, 0.4) is 0 Å². The topological polar surface area (TPSA) is 79.2 Å². The van der Waals surface area contributed by atoms with E-state index in [1.54, 1.807) is 29.6 Å². The molecule has 0 aliphatic heterocycles. The van der Waals surface area contributed by atoms with E-state index in [2.05, 4.69) is 4.74 Å². The number of amides is 1. The zero-order chi connectivity index (χ0) is 16.6. The molecule has 1 aromatic carbocycles. The van der Waals surface area contributed by atoms with E-state index in [0.29, 0.717) is 11.1 Å². The summed E-state index contributed by atoms with van der Waals surface area (Å²) in [5, 5.41) is 10.2. The third-order valence-electron chi connectivity index (χ3n) is 2.28. The summed E-state index contributed by atoms with van der Waals surface area (Å²) in [6.45, 7) is -2.28. The maximum Gasteiger partial charge on any atom is 0.405 e. The summed E-state index contributed by atoms with van der Waals surface area (Å²) in [6.07, 6.45) is -2.11. The molecule has 0 bridgehead atoms. The molecular formula is C14H11F3N2O3. The van der Waals surface area contributed by atoms with Crippen LogP contribution < -0.4 is 5.32 Å². The van der Waals surface area contributed by atoms with Crippen LogP contribution in [0.1, 0.15) is 11.1 Å². The van der Waals surface area contributed by atoms with Crippen molar-refractivity contribution in [1.29, 1.82) is 5.26 Å². The van der Waals surface area contributed by atoms with Crippen LogP contribution in [0.4, 0.5) is 13.2 Å². The number of nitrogens with zero attached hydrogens (tertiary/aromatic N) is 1. The number of carbonyl (C=O) groups excluding carboxylic acids is 2. The van der Waals surface area contributed by atoms with Crippen molar-refractivity contribution in [3.63, 3.8) is 0 Å². The van der Waals surface area contributed by atoms with Crippen LogP contribution in [-0.2, 0) is 14.3 Å². The second kappa shape index (κ2) is 7.83. The third-order valence-corrected chi connectivity index (χ3v) is 2.28. The second-order valence-electron chi connectivity index (χ2n) is 4.07.